The molecule has 4 nitrogen and oxygen atoms in total. The molecule has 0 saturated heterocycles. The second-order valence-electron chi connectivity index (χ2n) is 10.7. The van der Waals surface area contributed by atoms with Crippen molar-refractivity contribution in [2.24, 2.45) is 0 Å². The number of hydrogen-bond acceptors (Lipinski definition) is 3. The molecule has 6 aromatic carbocycles. The third-order valence-corrected chi connectivity index (χ3v) is 8.46. The summed E-state index contributed by atoms with van der Waals surface area (Å²) in [6, 6.07) is 44.2. The van der Waals surface area contributed by atoms with Crippen molar-refractivity contribution < 1.29 is 4.42 Å². The monoisotopic (exact) mass is 535 g/mol. The van der Waals surface area contributed by atoms with Crippen LogP contribution in [0.4, 0.5) is 0 Å². The van der Waals surface area contributed by atoms with Crippen LogP contribution >= 0.6 is 0 Å². The molecular formula is C38H21N3O. The number of para-hydroxylation sites is 1. The van der Waals surface area contributed by atoms with Gasteiger partial charge in [0.25, 0.3) is 0 Å². The first kappa shape index (κ1) is 22.9. The van der Waals surface area contributed by atoms with Gasteiger partial charge in [0.05, 0.1) is 11.6 Å². The second kappa shape index (κ2) is 8.54. The van der Waals surface area contributed by atoms with E-state index in [1.54, 1.807) is 0 Å². The van der Waals surface area contributed by atoms with E-state index in [2.05, 4.69) is 95.5 Å². The molecule has 3 heterocycles. The van der Waals surface area contributed by atoms with Gasteiger partial charge in [-0.05, 0) is 79.5 Å². The SMILES string of the molecule is N#Cc1ccc(-c2c3ccccc3c(-c3ccc4nc5c6ccccc6oc5n4c3)c3ccccc23)c2ccccc12. The summed E-state index contributed by atoms with van der Waals surface area (Å²) in [6.07, 6.45) is 2.15. The molecule has 0 N–H and O–H groups in total. The minimum atomic E-state index is 0.685. The Morgan fingerprint density at radius 3 is 1.86 bits per heavy atom. The van der Waals surface area contributed by atoms with Crippen LogP contribution in [0, 0.1) is 11.3 Å². The average molecular weight is 536 g/mol. The summed E-state index contributed by atoms with van der Waals surface area (Å²) in [7, 11) is 0. The van der Waals surface area contributed by atoms with Crippen molar-refractivity contribution in [3.8, 4) is 28.3 Å². The van der Waals surface area contributed by atoms with E-state index in [4.69, 9.17) is 9.40 Å². The molecule has 0 amide bonds. The molecule has 0 atom stereocenters. The summed E-state index contributed by atoms with van der Waals surface area (Å²) in [6.45, 7) is 0. The summed E-state index contributed by atoms with van der Waals surface area (Å²) in [5.74, 6) is 0. The van der Waals surface area contributed by atoms with Crippen molar-refractivity contribution >= 4 is 60.2 Å². The van der Waals surface area contributed by atoms with Crippen molar-refractivity contribution in [1.29, 1.82) is 5.26 Å². The molecule has 0 fully saturated rings. The average Bonchev–Trinajstić information content (AvgIpc) is 3.59. The Kier molecular flexibility index (Phi) is 4.65. The number of rotatable bonds is 2. The van der Waals surface area contributed by atoms with Crippen LogP contribution in [-0.2, 0) is 0 Å². The van der Waals surface area contributed by atoms with Crippen molar-refractivity contribution in [1.82, 2.24) is 9.38 Å². The fraction of sp³-hybridized carbons (Fsp3) is 0. The zero-order valence-electron chi connectivity index (χ0n) is 22.4. The molecule has 9 aromatic rings. The molecule has 9 rings (SSSR count). The van der Waals surface area contributed by atoms with Gasteiger partial charge in [-0.3, -0.25) is 4.40 Å². The summed E-state index contributed by atoms with van der Waals surface area (Å²) in [5.41, 5.74) is 8.56. The van der Waals surface area contributed by atoms with Gasteiger partial charge in [0.1, 0.15) is 16.7 Å². The number of pyridine rings is 1. The normalized spacial score (nSPS) is 11.8. The molecule has 0 saturated carbocycles. The highest BCUT2D eigenvalue weighted by atomic mass is 16.3. The first-order valence-electron chi connectivity index (χ1n) is 14.0. The molecule has 0 aliphatic carbocycles. The fourth-order valence-electron chi connectivity index (χ4n) is 6.64. The van der Waals surface area contributed by atoms with E-state index in [9.17, 15) is 5.26 Å². The minimum absolute atomic E-state index is 0.685. The lowest BCUT2D eigenvalue weighted by Crippen LogP contribution is -1.93. The predicted molar refractivity (Wildman–Crippen MR) is 171 cm³/mol. The van der Waals surface area contributed by atoms with Crippen LogP contribution in [0.15, 0.2) is 132 Å². The molecule has 194 valence electrons. The Bertz CT molecular complexity index is 2540. The maximum atomic E-state index is 9.81. The third kappa shape index (κ3) is 3.08. The highest BCUT2D eigenvalue weighted by Crippen LogP contribution is 2.45. The van der Waals surface area contributed by atoms with E-state index >= 15 is 0 Å². The topological polar surface area (TPSA) is 54.2 Å². The minimum Gasteiger partial charge on any atom is -0.437 e. The fourth-order valence-corrected chi connectivity index (χ4v) is 6.64. The number of hydrogen-bond donors (Lipinski definition) is 0. The lowest BCUT2D eigenvalue weighted by molar-refractivity contribution is 0.649. The van der Waals surface area contributed by atoms with E-state index in [-0.39, 0.29) is 0 Å². The predicted octanol–water partition coefficient (Wildman–Crippen LogP) is 9.90. The Hall–Kier alpha value is -5.92. The number of fused-ring (bicyclic) bond motifs is 8. The maximum Gasteiger partial charge on any atom is 0.232 e. The van der Waals surface area contributed by atoms with Crippen molar-refractivity contribution in [2.45, 2.75) is 0 Å². The standard InChI is InChI=1S/C38H21N3O/c39-21-23-17-19-31(26-10-2-1-9-25(23)26)36-29-13-5-3-11-27(29)35(28-12-4-6-14-30(28)36)24-18-20-34-40-37-32-15-7-8-16-33(32)42-38(37)41(34)22-24/h1-20,22H. The molecule has 0 aliphatic rings. The van der Waals surface area contributed by atoms with Crippen LogP contribution in [-0.4, -0.2) is 9.38 Å². The van der Waals surface area contributed by atoms with Gasteiger partial charge in [0.15, 0.2) is 0 Å². The quantitative estimate of drug-likeness (QED) is 0.207. The van der Waals surface area contributed by atoms with Gasteiger partial charge in [0.2, 0.25) is 5.71 Å². The van der Waals surface area contributed by atoms with E-state index in [0.29, 0.717) is 5.56 Å². The van der Waals surface area contributed by atoms with Gasteiger partial charge in [-0.25, -0.2) is 4.98 Å². The van der Waals surface area contributed by atoms with Crippen LogP contribution in [0.2, 0.25) is 0 Å². The smallest absolute Gasteiger partial charge is 0.232 e. The van der Waals surface area contributed by atoms with Crippen LogP contribution < -0.4 is 0 Å². The molecule has 4 heteroatoms. The number of benzene rings is 6. The first-order chi connectivity index (χ1) is 20.8. The largest absolute Gasteiger partial charge is 0.437 e. The molecule has 0 unspecified atom stereocenters. The van der Waals surface area contributed by atoms with Crippen molar-refractivity contribution in [3.63, 3.8) is 0 Å². The zero-order chi connectivity index (χ0) is 27.8. The number of nitriles is 1. The van der Waals surface area contributed by atoms with E-state index in [0.717, 1.165) is 49.7 Å². The Morgan fingerprint density at radius 2 is 1.17 bits per heavy atom. The van der Waals surface area contributed by atoms with Gasteiger partial charge in [-0.2, -0.15) is 5.26 Å². The van der Waals surface area contributed by atoms with Crippen LogP contribution in [0.5, 0.6) is 0 Å². The van der Waals surface area contributed by atoms with E-state index in [1.807, 2.05) is 42.5 Å². The van der Waals surface area contributed by atoms with Crippen LogP contribution in [0.3, 0.4) is 0 Å². The lowest BCUT2D eigenvalue weighted by atomic mass is 9.84. The van der Waals surface area contributed by atoms with Gasteiger partial charge < -0.3 is 4.42 Å². The summed E-state index contributed by atoms with van der Waals surface area (Å²) >= 11 is 0. The van der Waals surface area contributed by atoms with Gasteiger partial charge in [0, 0.05) is 17.0 Å². The maximum absolute atomic E-state index is 9.81. The summed E-state index contributed by atoms with van der Waals surface area (Å²) < 4.78 is 8.35. The van der Waals surface area contributed by atoms with Gasteiger partial charge >= 0.3 is 0 Å². The summed E-state index contributed by atoms with van der Waals surface area (Å²) in [4.78, 5) is 4.91. The van der Waals surface area contributed by atoms with Crippen LogP contribution in [0.1, 0.15) is 5.56 Å². The lowest BCUT2D eigenvalue weighted by Gasteiger charge is -2.19. The van der Waals surface area contributed by atoms with Gasteiger partial charge in [-0.1, -0.05) is 91.0 Å². The number of imidazole rings is 1. The van der Waals surface area contributed by atoms with Gasteiger partial charge in [-0.15, -0.1) is 0 Å². The van der Waals surface area contributed by atoms with E-state index in [1.165, 1.54) is 32.7 Å². The third-order valence-electron chi connectivity index (χ3n) is 8.46. The van der Waals surface area contributed by atoms with Crippen molar-refractivity contribution in [3.05, 3.63) is 133 Å². The molecular weight excluding hydrogens is 514 g/mol. The highest BCUT2D eigenvalue weighted by Gasteiger charge is 2.20. The molecule has 0 aliphatic heterocycles. The van der Waals surface area contributed by atoms with Crippen LogP contribution in [0.25, 0.3) is 82.4 Å². The number of furan rings is 1. The summed E-state index contributed by atoms with van der Waals surface area (Å²) in [5, 5.41) is 17.5. The molecule has 0 spiro atoms. The Labute approximate surface area is 240 Å². The molecule has 42 heavy (non-hydrogen) atoms. The molecule has 0 radical (unpaired) electrons. The number of nitrogens with zero attached hydrogens (tertiary/aromatic N) is 3. The Balaban J connectivity index is 1.39. The first-order valence-corrected chi connectivity index (χ1v) is 14.0. The van der Waals surface area contributed by atoms with E-state index < -0.39 is 0 Å². The second-order valence-corrected chi connectivity index (χ2v) is 10.7. The molecule has 0 bridgehead atoms. The molecule has 3 aromatic heterocycles. The Morgan fingerprint density at radius 1 is 0.571 bits per heavy atom. The zero-order valence-corrected chi connectivity index (χ0v) is 22.4. The number of aromatic nitrogens is 2. The van der Waals surface area contributed by atoms with Crippen molar-refractivity contribution in [2.75, 3.05) is 0 Å². The highest BCUT2D eigenvalue weighted by molar-refractivity contribution is 6.23.